The van der Waals surface area contributed by atoms with E-state index >= 15 is 0 Å². The van der Waals surface area contributed by atoms with E-state index in [-0.39, 0.29) is 31.2 Å². The minimum absolute atomic E-state index is 0.244. The number of carbonyl (C=O) groups is 1. The molecule has 0 spiro atoms. The van der Waals surface area contributed by atoms with Gasteiger partial charge in [-0.1, -0.05) is 6.92 Å². The molecule has 32 heavy (non-hydrogen) atoms. The first kappa shape index (κ1) is 24.6. The number of aliphatic hydroxyl groups is 3. The summed E-state index contributed by atoms with van der Waals surface area (Å²) in [6.45, 7) is 2.07. The van der Waals surface area contributed by atoms with Gasteiger partial charge >= 0.3 is 6.36 Å². The van der Waals surface area contributed by atoms with Crippen molar-refractivity contribution in [3.8, 4) is 5.75 Å². The lowest BCUT2D eigenvalue weighted by molar-refractivity contribution is -0.274. The molecule has 1 aromatic heterocycles. The van der Waals surface area contributed by atoms with E-state index in [1.165, 1.54) is 29.5 Å². The zero-order valence-corrected chi connectivity index (χ0v) is 18.2. The van der Waals surface area contributed by atoms with Gasteiger partial charge in [0.15, 0.2) is 0 Å². The Bertz CT molecular complexity index is 926. The summed E-state index contributed by atoms with van der Waals surface area (Å²) in [5.41, 5.74) is 0.416. The van der Waals surface area contributed by atoms with Crippen molar-refractivity contribution in [2.24, 2.45) is 0 Å². The molecular weight excluding hydrogens is 451 g/mol. The standard InChI is InChI=1S/C20H26F3N3O5S/c1-2-16(28)24-13-9-26(14(10-27)19(30)18(13)29)7-3-4-17-25-12-8-11(31-20(21,22)23)5-6-15(12)32-17/h5-6,8,13-14,18-19,27,29-30H,2-4,7,9-10H2,1H3,(H,24,28). The third-order valence-electron chi connectivity index (χ3n) is 5.38. The number of halogens is 3. The van der Waals surface area contributed by atoms with E-state index in [1.54, 1.807) is 6.92 Å². The number of fused-ring (bicyclic) bond motifs is 1. The second kappa shape index (κ2) is 10.3. The van der Waals surface area contributed by atoms with Crippen LogP contribution in [0.3, 0.4) is 0 Å². The summed E-state index contributed by atoms with van der Waals surface area (Å²) in [6, 6.07) is 2.69. The molecule has 1 amide bonds. The van der Waals surface area contributed by atoms with Gasteiger partial charge < -0.3 is 25.4 Å². The number of aryl methyl sites for hydroxylation is 1. The molecular formula is C20H26F3N3O5S. The molecule has 4 atom stereocenters. The minimum Gasteiger partial charge on any atom is -0.406 e. The highest BCUT2D eigenvalue weighted by molar-refractivity contribution is 7.18. The number of likely N-dealkylation sites (tertiary alicyclic amines) is 1. The van der Waals surface area contributed by atoms with Gasteiger partial charge in [0.2, 0.25) is 5.91 Å². The second-order valence-electron chi connectivity index (χ2n) is 7.64. The van der Waals surface area contributed by atoms with Crippen LogP contribution in [-0.2, 0) is 11.2 Å². The summed E-state index contributed by atoms with van der Waals surface area (Å²) < 4.78 is 41.9. The molecule has 1 aliphatic rings. The lowest BCUT2D eigenvalue weighted by atomic mass is 9.92. The Balaban J connectivity index is 1.62. The molecule has 0 aliphatic carbocycles. The lowest BCUT2D eigenvalue weighted by Gasteiger charge is -2.45. The van der Waals surface area contributed by atoms with E-state index in [0.717, 1.165) is 9.71 Å². The molecule has 178 valence electrons. The molecule has 8 nitrogen and oxygen atoms in total. The van der Waals surface area contributed by atoms with Gasteiger partial charge in [-0.15, -0.1) is 24.5 Å². The van der Waals surface area contributed by atoms with Crippen LogP contribution in [0.15, 0.2) is 18.2 Å². The number of ether oxygens (including phenoxy) is 1. The van der Waals surface area contributed by atoms with Crippen LogP contribution >= 0.6 is 11.3 Å². The fourth-order valence-electron chi connectivity index (χ4n) is 3.79. The number of rotatable bonds is 8. The zero-order valence-electron chi connectivity index (χ0n) is 17.4. The van der Waals surface area contributed by atoms with Crippen LogP contribution < -0.4 is 10.1 Å². The Kier molecular flexibility index (Phi) is 7.93. The topological polar surface area (TPSA) is 115 Å². The number of thiazole rings is 1. The lowest BCUT2D eigenvalue weighted by Crippen LogP contribution is -2.66. The normalized spacial score (nSPS) is 24.6. The molecule has 2 aromatic rings. The molecule has 1 aliphatic heterocycles. The quantitative estimate of drug-likeness (QED) is 0.455. The molecule has 3 rings (SSSR count). The van der Waals surface area contributed by atoms with Crippen LogP contribution in [0.1, 0.15) is 24.8 Å². The molecule has 4 unspecified atom stereocenters. The highest BCUT2D eigenvalue weighted by Crippen LogP contribution is 2.30. The summed E-state index contributed by atoms with van der Waals surface area (Å²) in [7, 11) is 0. The van der Waals surface area contributed by atoms with Crippen molar-refractivity contribution in [2.75, 3.05) is 19.7 Å². The molecule has 2 heterocycles. The van der Waals surface area contributed by atoms with Gasteiger partial charge in [-0.3, -0.25) is 9.69 Å². The molecule has 0 saturated carbocycles. The van der Waals surface area contributed by atoms with Crippen LogP contribution in [0.25, 0.3) is 10.2 Å². The Morgan fingerprint density at radius 2 is 2.09 bits per heavy atom. The minimum atomic E-state index is -4.77. The molecule has 1 fully saturated rings. The monoisotopic (exact) mass is 477 g/mol. The highest BCUT2D eigenvalue weighted by atomic mass is 32.1. The van der Waals surface area contributed by atoms with Crippen molar-refractivity contribution >= 4 is 27.5 Å². The van der Waals surface area contributed by atoms with Crippen LogP contribution in [-0.4, -0.2) is 81.5 Å². The first-order chi connectivity index (χ1) is 15.1. The van der Waals surface area contributed by atoms with Crippen molar-refractivity contribution in [3.63, 3.8) is 0 Å². The summed E-state index contributed by atoms with van der Waals surface area (Å²) in [5.74, 6) is -0.569. The van der Waals surface area contributed by atoms with Crippen molar-refractivity contribution in [2.45, 2.75) is 56.8 Å². The maximum atomic E-state index is 12.4. The van der Waals surface area contributed by atoms with Crippen LogP contribution in [0.4, 0.5) is 13.2 Å². The molecule has 0 radical (unpaired) electrons. The largest absolute Gasteiger partial charge is 0.573 e. The van der Waals surface area contributed by atoms with E-state index < -0.39 is 30.7 Å². The van der Waals surface area contributed by atoms with Crippen LogP contribution in [0.5, 0.6) is 5.75 Å². The van der Waals surface area contributed by atoms with Crippen LogP contribution in [0.2, 0.25) is 0 Å². The maximum absolute atomic E-state index is 12.4. The van der Waals surface area contributed by atoms with Crippen molar-refractivity contribution < 1.29 is 38.0 Å². The molecule has 12 heteroatoms. The fraction of sp³-hybridized carbons (Fsp3) is 0.600. The summed E-state index contributed by atoms with van der Waals surface area (Å²) in [4.78, 5) is 17.9. The Labute approximate surface area is 186 Å². The average Bonchev–Trinajstić information content (AvgIpc) is 3.12. The number of hydrogen-bond donors (Lipinski definition) is 4. The van der Waals surface area contributed by atoms with Crippen molar-refractivity contribution in [1.29, 1.82) is 0 Å². The number of hydrogen-bond acceptors (Lipinski definition) is 8. The van der Waals surface area contributed by atoms with Gasteiger partial charge in [-0.05, 0) is 25.1 Å². The molecule has 1 aromatic carbocycles. The van der Waals surface area contributed by atoms with Crippen LogP contribution in [0, 0.1) is 0 Å². The number of aromatic nitrogens is 1. The number of nitrogens with one attached hydrogen (secondary N) is 1. The van der Waals surface area contributed by atoms with E-state index in [2.05, 4.69) is 15.0 Å². The van der Waals surface area contributed by atoms with Crippen molar-refractivity contribution in [3.05, 3.63) is 23.2 Å². The Morgan fingerprint density at radius 1 is 1.34 bits per heavy atom. The third-order valence-corrected chi connectivity index (χ3v) is 6.48. The van der Waals surface area contributed by atoms with Gasteiger partial charge in [-0.25, -0.2) is 4.98 Å². The SMILES string of the molecule is CCC(=O)NC1CN(CCCc2nc3cc(OC(F)(F)F)ccc3s2)C(CO)C(O)C1O. The van der Waals surface area contributed by atoms with E-state index in [9.17, 15) is 33.3 Å². The predicted octanol–water partition coefficient (Wildman–Crippen LogP) is 1.42. The number of nitrogens with zero attached hydrogens (tertiary/aromatic N) is 2. The Morgan fingerprint density at radius 3 is 2.75 bits per heavy atom. The summed E-state index contributed by atoms with van der Waals surface area (Å²) >= 11 is 1.37. The first-order valence-electron chi connectivity index (χ1n) is 10.3. The number of alkyl halides is 3. The number of piperidine rings is 1. The van der Waals surface area contributed by atoms with Gasteiger partial charge in [0.25, 0.3) is 0 Å². The smallest absolute Gasteiger partial charge is 0.406 e. The van der Waals surface area contributed by atoms with Gasteiger partial charge in [0, 0.05) is 25.5 Å². The second-order valence-corrected chi connectivity index (χ2v) is 8.76. The Hall–Kier alpha value is -1.99. The number of aliphatic hydroxyl groups excluding tert-OH is 3. The highest BCUT2D eigenvalue weighted by Gasteiger charge is 2.41. The average molecular weight is 478 g/mol. The predicted molar refractivity (Wildman–Crippen MR) is 111 cm³/mol. The number of carbonyl (C=O) groups excluding carboxylic acids is 1. The molecule has 0 bridgehead atoms. The fourth-order valence-corrected chi connectivity index (χ4v) is 4.78. The third kappa shape index (κ3) is 6.07. The molecule has 1 saturated heterocycles. The van der Waals surface area contributed by atoms with E-state index in [0.29, 0.717) is 24.9 Å². The number of benzene rings is 1. The van der Waals surface area contributed by atoms with Crippen molar-refractivity contribution in [1.82, 2.24) is 15.2 Å². The van der Waals surface area contributed by atoms with Gasteiger partial charge in [0.05, 0.1) is 40.0 Å². The molecule has 4 N–H and O–H groups in total. The summed E-state index contributed by atoms with van der Waals surface area (Å²) in [5, 5.41) is 33.8. The summed E-state index contributed by atoms with van der Waals surface area (Å²) in [6.07, 6.45) is -5.79. The maximum Gasteiger partial charge on any atom is 0.573 e. The van der Waals surface area contributed by atoms with Gasteiger partial charge in [-0.2, -0.15) is 0 Å². The first-order valence-corrected chi connectivity index (χ1v) is 11.1. The zero-order chi connectivity index (χ0) is 23.5. The van der Waals surface area contributed by atoms with E-state index in [1.807, 2.05) is 4.90 Å². The number of amides is 1. The van der Waals surface area contributed by atoms with Gasteiger partial charge in [0.1, 0.15) is 11.9 Å². The van der Waals surface area contributed by atoms with E-state index in [4.69, 9.17) is 0 Å².